The monoisotopic (exact) mass is 439 g/mol. The molecular formula is C28H41NO3. The van der Waals surface area contributed by atoms with E-state index < -0.39 is 0 Å². The summed E-state index contributed by atoms with van der Waals surface area (Å²) in [6.45, 7) is 14.3. The summed E-state index contributed by atoms with van der Waals surface area (Å²) in [5.74, 6) is 0.571. The summed E-state index contributed by atoms with van der Waals surface area (Å²) in [6.07, 6.45) is 6.04. The van der Waals surface area contributed by atoms with Crippen LogP contribution in [-0.2, 0) is 16.0 Å². The summed E-state index contributed by atoms with van der Waals surface area (Å²) >= 11 is 0. The first-order valence-electron chi connectivity index (χ1n) is 11.5. The number of Topliss-reactive ketones (excluding diaryl/α,β-unsaturated/α-hetero) is 1. The van der Waals surface area contributed by atoms with E-state index in [0.717, 1.165) is 29.7 Å². The SMILES string of the molecule is CC/C(C)=C(/C=C(\C=C(/C)C(=O)NC)C(=O)C(CC)C(C)(C)C)Cc1cccc(OC)c1. The molecule has 32 heavy (non-hydrogen) atoms. The van der Waals surface area contributed by atoms with Crippen molar-refractivity contribution in [3.63, 3.8) is 0 Å². The van der Waals surface area contributed by atoms with E-state index in [-0.39, 0.29) is 23.0 Å². The molecule has 1 N–H and O–H groups in total. The molecule has 0 aliphatic rings. The van der Waals surface area contributed by atoms with Crippen LogP contribution in [0.5, 0.6) is 5.75 Å². The van der Waals surface area contributed by atoms with Crippen molar-refractivity contribution in [3.05, 3.63) is 64.3 Å². The standard InChI is InChI=1S/C28H41NO3/c1-10-19(3)22(16-21-13-12-14-24(17-21)32-9)18-23(15-20(4)27(31)29-8)26(30)25(11-2)28(5,6)7/h12-15,17-18,25H,10-11,16H2,1-9H3,(H,29,31)/b20-15+,22-19+,23-18+. The van der Waals surface area contributed by atoms with Crippen molar-refractivity contribution in [2.45, 2.75) is 67.7 Å². The highest BCUT2D eigenvalue weighted by atomic mass is 16.5. The molecule has 4 nitrogen and oxygen atoms in total. The number of carbonyl (C=O) groups is 2. The smallest absolute Gasteiger partial charge is 0.246 e. The molecule has 0 aliphatic carbocycles. The van der Waals surface area contributed by atoms with E-state index >= 15 is 0 Å². The fourth-order valence-corrected chi connectivity index (χ4v) is 3.81. The number of likely N-dealkylation sites (N-methyl/N-ethyl adjacent to an activating group) is 1. The fraction of sp³-hybridized carbons (Fsp3) is 0.500. The van der Waals surface area contributed by atoms with Gasteiger partial charge in [0.2, 0.25) is 5.91 Å². The molecular weight excluding hydrogens is 398 g/mol. The number of hydrogen-bond donors (Lipinski definition) is 1. The van der Waals surface area contributed by atoms with Gasteiger partial charge in [0.1, 0.15) is 5.75 Å². The van der Waals surface area contributed by atoms with Crippen LogP contribution in [0.4, 0.5) is 0 Å². The molecule has 0 saturated carbocycles. The van der Waals surface area contributed by atoms with Gasteiger partial charge >= 0.3 is 0 Å². The van der Waals surface area contributed by atoms with E-state index in [4.69, 9.17) is 4.74 Å². The maximum Gasteiger partial charge on any atom is 0.246 e. The molecule has 0 heterocycles. The summed E-state index contributed by atoms with van der Waals surface area (Å²) in [5.41, 5.74) is 4.35. The molecule has 1 rings (SSSR count). The van der Waals surface area contributed by atoms with Gasteiger partial charge in [-0.2, -0.15) is 0 Å². The summed E-state index contributed by atoms with van der Waals surface area (Å²) in [6, 6.07) is 7.99. The number of ether oxygens (including phenoxy) is 1. The van der Waals surface area contributed by atoms with Crippen LogP contribution in [0.15, 0.2) is 58.7 Å². The van der Waals surface area contributed by atoms with Gasteiger partial charge in [0.15, 0.2) is 5.78 Å². The van der Waals surface area contributed by atoms with E-state index in [9.17, 15) is 9.59 Å². The summed E-state index contributed by atoms with van der Waals surface area (Å²) in [4.78, 5) is 25.9. The zero-order valence-corrected chi connectivity index (χ0v) is 21.4. The van der Waals surface area contributed by atoms with Crippen LogP contribution >= 0.6 is 0 Å². The van der Waals surface area contributed by atoms with Gasteiger partial charge in [0.25, 0.3) is 0 Å². The van der Waals surface area contributed by atoms with E-state index in [1.165, 1.54) is 5.57 Å². The number of rotatable bonds is 10. The highest BCUT2D eigenvalue weighted by Gasteiger charge is 2.31. The number of ketones is 1. The Kier molecular flexibility index (Phi) is 10.6. The van der Waals surface area contributed by atoms with Gasteiger partial charge in [0.05, 0.1) is 7.11 Å². The highest BCUT2D eigenvalue weighted by molar-refractivity contribution is 6.03. The Morgan fingerprint density at radius 1 is 1.12 bits per heavy atom. The first-order chi connectivity index (χ1) is 15.0. The first kappa shape index (κ1) is 27.4. The first-order valence-corrected chi connectivity index (χ1v) is 11.5. The molecule has 0 spiro atoms. The summed E-state index contributed by atoms with van der Waals surface area (Å²) in [7, 11) is 3.26. The van der Waals surface area contributed by atoms with Crippen molar-refractivity contribution in [2.75, 3.05) is 14.2 Å². The largest absolute Gasteiger partial charge is 0.497 e. The zero-order chi connectivity index (χ0) is 24.5. The zero-order valence-electron chi connectivity index (χ0n) is 21.4. The molecule has 1 aromatic rings. The van der Waals surface area contributed by atoms with Gasteiger partial charge in [-0.1, -0.05) is 52.3 Å². The molecule has 0 aromatic heterocycles. The van der Waals surface area contributed by atoms with Crippen LogP contribution in [-0.4, -0.2) is 25.8 Å². The Morgan fingerprint density at radius 3 is 2.28 bits per heavy atom. The third-order valence-electron chi connectivity index (χ3n) is 5.95. The summed E-state index contributed by atoms with van der Waals surface area (Å²) in [5, 5.41) is 2.65. The topological polar surface area (TPSA) is 55.4 Å². The van der Waals surface area contributed by atoms with Crippen molar-refractivity contribution < 1.29 is 14.3 Å². The quantitative estimate of drug-likeness (QED) is 0.347. The number of amides is 1. The Morgan fingerprint density at radius 2 is 1.78 bits per heavy atom. The molecule has 0 aliphatic heterocycles. The van der Waals surface area contributed by atoms with Crippen molar-refractivity contribution >= 4 is 11.7 Å². The average Bonchev–Trinajstić information content (AvgIpc) is 2.76. The maximum atomic E-state index is 13.7. The van der Waals surface area contributed by atoms with Crippen LogP contribution in [0.1, 0.15) is 66.9 Å². The van der Waals surface area contributed by atoms with Gasteiger partial charge in [-0.3, -0.25) is 9.59 Å². The normalized spacial score (nSPS) is 14.5. The molecule has 1 atom stereocenters. The molecule has 0 fully saturated rings. The lowest BCUT2D eigenvalue weighted by molar-refractivity contribution is -0.122. The number of hydrogen-bond acceptors (Lipinski definition) is 3. The van der Waals surface area contributed by atoms with Crippen molar-refractivity contribution in [3.8, 4) is 5.75 Å². The van der Waals surface area contributed by atoms with Gasteiger partial charge in [0, 0.05) is 24.1 Å². The Bertz CT molecular complexity index is 897. The Labute approximate surface area is 194 Å². The average molecular weight is 440 g/mol. The fourth-order valence-electron chi connectivity index (χ4n) is 3.81. The molecule has 0 bridgehead atoms. The molecule has 1 aromatic carbocycles. The lowest BCUT2D eigenvalue weighted by Crippen LogP contribution is -2.29. The van der Waals surface area contributed by atoms with Gasteiger partial charge in [-0.25, -0.2) is 0 Å². The van der Waals surface area contributed by atoms with Crippen molar-refractivity contribution in [1.29, 1.82) is 0 Å². The van der Waals surface area contributed by atoms with Crippen LogP contribution in [0, 0.1) is 11.3 Å². The lowest BCUT2D eigenvalue weighted by Gasteiger charge is -2.29. The van der Waals surface area contributed by atoms with E-state index in [1.807, 2.05) is 31.2 Å². The second-order valence-corrected chi connectivity index (χ2v) is 9.38. The van der Waals surface area contributed by atoms with Gasteiger partial charge in [-0.15, -0.1) is 0 Å². The number of nitrogens with one attached hydrogen (secondary N) is 1. The number of benzene rings is 1. The second kappa shape index (κ2) is 12.4. The van der Waals surface area contributed by atoms with E-state index in [1.54, 1.807) is 27.2 Å². The Hall–Kier alpha value is -2.62. The number of allylic oxidation sites excluding steroid dienone is 5. The molecule has 1 amide bonds. The molecule has 0 saturated heterocycles. The molecule has 0 radical (unpaired) electrons. The van der Waals surface area contributed by atoms with Gasteiger partial charge in [-0.05, 0) is 73.9 Å². The predicted molar refractivity (Wildman–Crippen MR) is 134 cm³/mol. The highest BCUT2D eigenvalue weighted by Crippen LogP contribution is 2.33. The molecule has 176 valence electrons. The lowest BCUT2D eigenvalue weighted by atomic mass is 9.74. The summed E-state index contributed by atoms with van der Waals surface area (Å²) < 4.78 is 5.38. The van der Waals surface area contributed by atoms with Crippen LogP contribution in [0.3, 0.4) is 0 Å². The maximum absolute atomic E-state index is 13.7. The number of methoxy groups -OCH3 is 1. The van der Waals surface area contributed by atoms with Crippen LogP contribution in [0.2, 0.25) is 0 Å². The minimum atomic E-state index is -0.182. The molecule has 4 heteroatoms. The van der Waals surface area contributed by atoms with Crippen molar-refractivity contribution in [2.24, 2.45) is 11.3 Å². The van der Waals surface area contributed by atoms with E-state index in [0.29, 0.717) is 17.6 Å². The van der Waals surface area contributed by atoms with Crippen LogP contribution in [0.25, 0.3) is 0 Å². The minimum absolute atomic E-state index is 0.0790. The van der Waals surface area contributed by atoms with Crippen molar-refractivity contribution in [1.82, 2.24) is 5.32 Å². The predicted octanol–water partition coefficient (Wildman–Crippen LogP) is 6.22. The Balaban J connectivity index is 3.61. The third-order valence-corrected chi connectivity index (χ3v) is 5.95. The third kappa shape index (κ3) is 7.81. The van der Waals surface area contributed by atoms with Gasteiger partial charge < -0.3 is 10.1 Å². The second-order valence-electron chi connectivity index (χ2n) is 9.38. The van der Waals surface area contributed by atoms with E-state index in [2.05, 4.69) is 46.0 Å². The number of carbonyl (C=O) groups excluding carboxylic acids is 2. The van der Waals surface area contributed by atoms with Crippen LogP contribution < -0.4 is 10.1 Å². The minimum Gasteiger partial charge on any atom is -0.497 e. The molecule has 1 unspecified atom stereocenters.